The van der Waals surface area contributed by atoms with E-state index in [1.165, 1.54) is 5.56 Å². The summed E-state index contributed by atoms with van der Waals surface area (Å²) >= 11 is 0. The summed E-state index contributed by atoms with van der Waals surface area (Å²) in [5.41, 5.74) is 1.17. The fourth-order valence-corrected chi connectivity index (χ4v) is 2.66. The van der Waals surface area contributed by atoms with Crippen molar-refractivity contribution < 1.29 is 14.3 Å². The molecule has 0 aromatic heterocycles. The number of hydrogen-bond donors (Lipinski definition) is 1. The normalized spacial score (nSPS) is 15.3. The van der Waals surface area contributed by atoms with E-state index in [0.29, 0.717) is 12.5 Å². The minimum Gasteiger partial charge on any atom is -0.493 e. The van der Waals surface area contributed by atoms with Gasteiger partial charge in [0.25, 0.3) is 0 Å². The van der Waals surface area contributed by atoms with Gasteiger partial charge < -0.3 is 14.8 Å². The maximum absolute atomic E-state index is 11.5. The number of carbonyl (C=O) groups is 1. The van der Waals surface area contributed by atoms with E-state index in [1.807, 2.05) is 12.1 Å². The van der Waals surface area contributed by atoms with Crippen LogP contribution in [-0.4, -0.2) is 44.7 Å². The number of rotatable bonds is 8. The molecule has 1 amide bonds. The molecule has 1 aromatic rings. The van der Waals surface area contributed by atoms with Crippen molar-refractivity contribution in [2.75, 3.05) is 33.9 Å². The first-order valence-electron chi connectivity index (χ1n) is 8.27. The maximum atomic E-state index is 11.5. The molecule has 1 saturated heterocycles. The van der Waals surface area contributed by atoms with Crippen molar-refractivity contribution >= 4 is 5.91 Å². The van der Waals surface area contributed by atoms with Gasteiger partial charge in [-0.2, -0.15) is 0 Å². The van der Waals surface area contributed by atoms with Crippen LogP contribution in [0.1, 0.15) is 25.8 Å². The minimum absolute atomic E-state index is 0.125. The Labute approximate surface area is 139 Å². The molecule has 1 fully saturated rings. The molecule has 1 aliphatic heterocycles. The number of carbonyl (C=O) groups excluding carboxylic acids is 1. The highest BCUT2D eigenvalue weighted by molar-refractivity contribution is 5.79. The van der Waals surface area contributed by atoms with E-state index in [9.17, 15) is 4.79 Å². The van der Waals surface area contributed by atoms with Crippen LogP contribution >= 0.6 is 0 Å². The van der Waals surface area contributed by atoms with Gasteiger partial charge in [-0.05, 0) is 30.0 Å². The molecule has 0 unspecified atom stereocenters. The van der Waals surface area contributed by atoms with Crippen molar-refractivity contribution in [3.05, 3.63) is 23.8 Å². The fraction of sp³-hybridized carbons (Fsp3) is 0.611. The lowest BCUT2D eigenvalue weighted by atomic mass is 9.98. The summed E-state index contributed by atoms with van der Waals surface area (Å²) < 4.78 is 11.3. The molecule has 1 N–H and O–H groups in total. The molecule has 128 valence electrons. The van der Waals surface area contributed by atoms with E-state index in [1.54, 1.807) is 14.2 Å². The van der Waals surface area contributed by atoms with Crippen LogP contribution in [0.5, 0.6) is 11.5 Å². The van der Waals surface area contributed by atoms with Crippen molar-refractivity contribution in [2.45, 2.75) is 26.8 Å². The molecule has 0 radical (unpaired) electrons. The molecule has 2 rings (SSSR count). The SMILES string of the molecule is CNC(=O)C1CN(Cc2ccc(OCCC(C)C)c(OC)c2)C1. The van der Waals surface area contributed by atoms with Crippen LogP contribution in [0.15, 0.2) is 18.2 Å². The van der Waals surface area contributed by atoms with Crippen molar-refractivity contribution in [1.29, 1.82) is 0 Å². The zero-order valence-electron chi connectivity index (χ0n) is 14.6. The Balaban J connectivity index is 1.88. The van der Waals surface area contributed by atoms with E-state index in [4.69, 9.17) is 9.47 Å². The highest BCUT2D eigenvalue weighted by Crippen LogP contribution is 2.30. The first kappa shape index (κ1) is 17.6. The van der Waals surface area contributed by atoms with Crippen LogP contribution in [0, 0.1) is 11.8 Å². The summed E-state index contributed by atoms with van der Waals surface area (Å²) in [6, 6.07) is 6.07. The highest BCUT2D eigenvalue weighted by atomic mass is 16.5. The molecule has 0 bridgehead atoms. The van der Waals surface area contributed by atoms with E-state index >= 15 is 0 Å². The van der Waals surface area contributed by atoms with E-state index < -0.39 is 0 Å². The number of nitrogens with zero attached hydrogens (tertiary/aromatic N) is 1. The summed E-state index contributed by atoms with van der Waals surface area (Å²) in [5.74, 6) is 2.45. The van der Waals surface area contributed by atoms with Crippen LogP contribution in [0.2, 0.25) is 0 Å². The van der Waals surface area contributed by atoms with Gasteiger partial charge in [-0.25, -0.2) is 0 Å². The number of benzene rings is 1. The summed E-state index contributed by atoms with van der Waals surface area (Å²) in [6.45, 7) is 7.53. The van der Waals surface area contributed by atoms with Crippen LogP contribution in [-0.2, 0) is 11.3 Å². The van der Waals surface area contributed by atoms with Crippen molar-refractivity contribution in [3.8, 4) is 11.5 Å². The first-order chi connectivity index (χ1) is 11.0. The molecule has 0 aliphatic carbocycles. The molecule has 23 heavy (non-hydrogen) atoms. The smallest absolute Gasteiger partial charge is 0.225 e. The second-order valence-electron chi connectivity index (χ2n) is 6.52. The predicted octanol–water partition coefficient (Wildman–Crippen LogP) is 2.30. The number of likely N-dealkylation sites (tertiary alicyclic amines) is 1. The molecule has 5 heteroatoms. The molecule has 1 heterocycles. The topological polar surface area (TPSA) is 50.8 Å². The number of ether oxygens (including phenoxy) is 2. The number of amides is 1. The molecular weight excluding hydrogens is 292 g/mol. The summed E-state index contributed by atoms with van der Waals surface area (Å²) in [5, 5.41) is 2.70. The molecule has 0 spiro atoms. The van der Waals surface area contributed by atoms with Gasteiger partial charge in [-0.1, -0.05) is 19.9 Å². The maximum Gasteiger partial charge on any atom is 0.225 e. The largest absolute Gasteiger partial charge is 0.493 e. The van der Waals surface area contributed by atoms with E-state index in [-0.39, 0.29) is 11.8 Å². The van der Waals surface area contributed by atoms with E-state index in [0.717, 1.165) is 37.6 Å². The van der Waals surface area contributed by atoms with Crippen molar-refractivity contribution in [1.82, 2.24) is 10.2 Å². The Morgan fingerprint density at radius 1 is 1.35 bits per heavy atom. The molecular formula is C18H28N2O3. The lowest BCUT2D eigenvalue weighted by molar-refractivity contribution is -0.129. The van der Waals surface area contributed by atoms with E-state index in [2.05, 4.69) is 30.1 Å². The average Bonchev–Trinajstić information content (AvgIpc) is 2.50. The summed E-state index contributed by atoms with van der Waals surface area (Å²) in [6.07, 6.45) is 1.03. The zero-order chi connectivity index (χ0) is 16.8. The average molecular weight is 320 g/mol. The lowest BCUT2D eigenvalue weighted by Crippen LogP contribution is -2.52. The third-order valence-electron chi connectivity index (χ3n) is 4.16. The molecule has 0 atom stereocenters. The third kappa shape index (κ3) is 4.86. The van der Waals surface area contributed by atoms with Gasteiger partial charge in [0.05, 0.1) is 19.6 Å². The summed E-state index contributed by atoms with van der Waals surface area (Å²) in [7, 11) is 3.35. The lowest BCUT2D eigenvalue weighted by Gasteiger charge is -2.38. The van der Waals surface area contributed by atoms with Gasteiger partial charge >= 0.3 is 0 Å². The monoisotopic (exact) mass is 320 g/mol. The van der Waals surface area contributed by atoms with Crippen LogP contribution in [0.4, 0.5) is 0 Å². The molecule has 1 aliphatic rings. The second kappa shape index (κ2) is 8.20. The second-order valence-corrected chi connectivity index (χ2v) is 6.52. The highest BCUT2D eigenvalue weighted by Gasteiger charge is 2.31. The fourth-order valence-electron chi connectivity index (χ4n) is 2.66. The predicted molar refractivity (Wildman–Crippen MR) is 90.8 cm³/mol. The van der Waals surface area contributed by atoms with Crippen LogP contribution in [0.25, 0.3) is 0 Å². The standard InChI is InChI=1S/C18H28N2O3/c1-13(2)7-8-23-16-6-5-14(9-17(16)22-4)10-20-11-15(12-20)18(21)19-3/h5-6,9,13,15H,7-8,10-12H2,1-4H3,(H,19,21). The Hall–Kier alpha value is -1.75. The molecule has 0 saturated carbocycles. The zero-order valence-corrected chi connectivity index (χ0v) is 14.6. The van der Waals surface area contributed by atoms with Gasteiger partial charge in [0, 0.05) is 26.7 Å². The van der Waals surface area contributed by atoms with Gasteiger partial charge in [0.1, 0.15) is 0 Å². The van der Waals surface area contributed by atoms with Crippen LogP contribution in [0.3, 0.4) is 0 Å². The quantitative estimate of drug-likeness (QED) is 0.798. The van der Waals surface area contributed by atoms with Gasteiger partial charge in [-0.15, -0.1) is 0 Å². The number of methoxy groups -OCH3 is 1. The molecule has 1 aromatic carbocycles. The Morgan fingerprint density at radius 2 is 2.09 bits per heavy atom. The van der Waals surface area contributed by atoms with Gasteiger partial charge in [-0.3, -0.25) is 9.69 Å². The van der Waals surface area contributed by atoms with Crippen LogP contribution < -0.4 is 14.8 Å². The van der Waals surface area contributed by atoms with Gasteiger partial charge in [0.15, 0.2) is 11.5 Å². The molecule has 5 nitrogen and oxygen atoms in total. The number of hydrogen-bond acceptors (Lipinski definition) is 4. The number of nitrogens with one attached hydrogen (secondary N) is 1. The van der Waals surface area contributed by atoms with Gasteiger partial charge in [0.2, 0.25) is 5.91 Å². The summed E-state index contributed by atoms with van der Waals surface area (Å²) in [4.78, 5) is 13.8. The third-order valence-corrected chi connectivity index (χ3v) is 4.16. The minimum atomic E-state index is 0.125. The van der Waals surface area contributed by atoms with Crippen molar-refractivity contribution in [2.24, 2.45) is 11.8 Å². The Morgan fingerprint density at radius 3 is 2.70 bits per heavy atom. The Kier molecular flexibility index (Phi) is 6.28. The Bertz CT molecular complexity index is 525. The first-order valence-corrected chi connectivity index (χ1v) is 8.27. The van der Waals surface area contributed by atoms with Crippen molar-refractivity contribution in [3.63, 3.8) is 0 Å².